The summed E-state index contributed by atoms with van der Waals surface area (Å²) in [4.78, 5) is 0. The van der Waals surface area contributed by atoms with Crippen molar-refractivity contribution in [1.29, 1.82) is 0 Å². The molecular formula is C4H9Cl5S2. The first kappa shape index (κ1) is 13.2. The Hall–Kier alpha value is 2.15. The summed E-state index contributed by atoms with van der Waals surface area (Å²) >= 11 is 0. The van der Waals surface area contributed by atoms with Gasteiger partial charge in [-0.25, -0.2) is 0 Å². The highest BCUT2D eigenvalue weighted by Crippen LogP contribution is 2.64. The molecule has 0 aliphatic carbocycles. The highest BCUT2D eigenvalue weighted by atomic mass is 36.2. The first-order valence-corrected chi connectivity index (χ1v) is 10.3. The smallest absolute Gasteiger partial charge is 0.0175 e. The summed E-state index contributed by atoms with van der Waals surface area (Å²) in [5, 5.41) is 0.247. The van der Waals surface area contributed by atoms with Gasteiger partial charge in [0.05, 0.1) is 0 Å². The Morgan fingerprint density at radius 1 is 1.27 bits per heavy atom. The van der Waals surface area contributed by atoms with Gasteiger partial charge in [0.2, 0.25) is 0 Å². The number of thiol groups is 1. The number of rotatable bonds is 4. The van der Waals surface area contributed by atoms with Gasteiger partial charge < -0.3 is 0 Å². The predicted octanol–water partition coefficient (Wildman–Crippen LogP) is 5.34. The van der Waals surface area contributed by atoms with Gasteiger partial charge in [-0.15, -0.1) is 0 Å². The summed E-state index contributed by atoms with van der Waals surface area (Å²) in [6.07, 6.45) is 0.782. The van der Waals surface area contributed by atoms with Crippen molar-refractivity contribution in [3.8, 4) is 0 Å². The molecule has 1 atom stereocenters. The fraction of sp³-hybridized carbons (Fsp3) is 1.00. The SMILES string of the molecule is CC(CCS(Cl)(Cl)Cl)[SH](Cl)Cl. The fourth-order valence-electron chi connectivity index (χ4n) is 0.402. The lowest BCUT2D eigenvalue weighted by Gasteiger charge is -2.19. The second-order valence-corrected chi connectivity index (χ2v) is 13.8. The van der Waals surface area contributed by atoms with E-state index >= 15 is 0 Å². The fourth-order valence-corrected chi connectivity index (χ4v) is 2.91. The lowest BCUT2D eigenvalue weighted by molar-refractivity contribution is 0.922. The van der Waals surface area contributed by atoms with Crippen molar-refractivity contribution in [2.24, 2.45) is 0 Å². The van der Waals surface area contributed by atoms with E-state index in [1.54, 1.807) is 0 Å². The van der Waals surface area contributed by atoms with Crippen molar-refractivity contribution in [3.63, 3.8) is 0 Å². The minimum atomic E-state index is -1.94. The molecule has 0 amide bonds. The topological polar surface area (TPSA) is 0 Å². The number of hydrogen-bond acceptors (Lipinski definition) is 0. The summed E-state index contributed by atoms with van der Waals surface area (Å²) in [5.74, 6) is 0.580. The van der Waals surface area contributed by atoms with Crippen LogP contribution in [-0.4, -0.2) is 11.0 Å². The number of hydrogen-bond donors (Lipinski definition) is 1. The zero-order valence-electron chi connectivity index (χ0n) is 5.74. The standard InChI is InChI=1S/C4H9Cl5S2/c1-4(10(5)6)2-3-11(7,8)9/h4,10H,2-3H2,1H3. The van der Waals surface area contributed by atoms with Crippen molar-refractivity contribution >= 4 is 70.4 Å². The van der Waals surface area contributed by atoms with Gasteiger partial charge in [0.15, 0.2) is 0 Å². The monoisotopic (exact) mass is 296 g/mol. The molecule has 0 saturated heterocycles. The molecule has 0 saturated carbocycles. The third kappa shape index (κ3) is 8.48. The van der Waals surface area contributed by atoms with Crippen molar-refractivity contribution in [3.05, 3.63) is 0 Å². The Balaban J connectivity index is 3.54. The van der Waals surface area contributed by atoms with Gasteiger partial charge in [0.1, 0.15) is 0 Å². The van der Waals surface area contributed by atoms with Crippen LogP contribution < -0.4 is 0 Å². The van der Waals surface area contributed by atoms with Gasteiger partial charge >= 0.3 is 0 Å². The van der Waals surface area contributed by atoms with Crippen molar-refractivity contribution in [2.45, 2.75) is 18.6 Å². The molecule has 0 nitrogen and oxygen atoms in total. The average Bonchev–Trinajstić information content (AvgIpc) is 1.80. The molecule has 0 aliphatic heterocycles. The van der Waals surface area contributed by atoms with Crippen LogP contribution in [0.4, 0.5) is 0 Å². The molecule has 0 N–H and O–H groups in total. The van der Waals surface area contributed by atoms with Crippen LogP contribution in [0.3, 0.4) is 0 Å². The second-order valence-electron chi connectivity index (χ2n) is 2.10. The summed E-state index contributed by atoms with van der Waals surface area (Å²) < 4.78 is 0. The Morgan fingerprint density at radius 2 is 1.73 bits per heavy atom. The maximum absolute atomic E-state index is 5.67. The van der Waals surface area contributed by atoms with Gasteiger partial charge in [-0.2, -0.15) is 0 Å². The minimum absolute atomic E-state index is 0.247. The van der Waals surface area contributed by atoms with Crippen LogP contribution in [0.1, 0.15) is 13.3 Å². The molecule has 0 aromatic rings. The second kappa shape index (κ2) is 5.79. The Labute approximate surface area is 94.0 Å². The molecule has 0 fully saturated rings. The van der Waals surface area contributed by atoms with E-state index in [1.807, 2.05) is 6.92 Å². The average molecular weight is 299 g/mol. The number of halogens is 5. The molecule has 0 aromatic heterocycles. The maximum Gasteiger partial charge on any atom is 0.0175 e. The van der Waals surface area contributed by atoms with E-state index in [-0.39, 0.29) is 5.25 Å². The Morgan fingerprint density at radius 3 is 2.00 bits per heavy atom. The van der Waals surface area contributed by atoms with E-state index in [0.717, 1.165) is 6.42 Å². The molecule has 0 rings (SSSR count). The van der Waals surface area contributed by atoms with Crippen LogP contribution in [-0.2, 0) is 0 Å². The van der Waals surface area contributed by atoms with E-state index in [4.69, 9.17) is 53.4 Å². The summed E-state index contributed by atoms with van der Waals surface area (Å²) in [5.41, 5.74) is 0. The molecule has 11 heavy (non-hydrogen) atoms. The van der Waals surface area contributed by atoms with Crippen molar-refractivity contribution in [2.75, 3.05) is 5.75 Å². The molecule has 0 heterocycles. The first-order valence-electron chi connectivity index (χ1n) is 2.83. The van der Waals surface area contributed by atoms with Crippen LogP contribution in [0.5, 0.6) is 0 Å². The van der Waals surface area contributed by atoms with E-state index < -0.39 is 17.0 Å². The Bertz CT molecular complexity index is 112. The van der Waals surface area contributed by atoms with Gasteiger partial charge in [-0.3, -0.25) is 0 Å². The molecule has 0 radical (unpaired) electrons. The first-order chi connectivity index (χ1) is 4.83. The zero-order valence-corrected chi connectivity index (χ0v) is 11.2. The van der Waals surface area contributed by atoms with Crippen LogP contribution in [0, 0.1) is 0 Å². The molecule has 0 aliphatic rings. The molecular weight excluding hydrogens is 289 g/mol. The summed E-state index contributed by atoms with van der Waals surface area (Å²) in [6, 6.07) is 0. The van der Waals surface area contributed by atoms with Gasteiger partial charge in [0.25, 0.3) is 0 Å². The predicted molar refractivity (Wildman–Crippen MR) is 64.8 cm³/mol. The highest BCUT2D eigenvalue weighted by Gasteiger charge is 2.16. The lowest BCUT2D eigenvalue weighted by atomic mass is 10.4. The van der Waals surface area contributed by atoms with E-state index in [0.29, 0.717) is 5.75 Å². The van der Waals surface area contributed by atoms with Gasteiger partial charge in [-0.05, 0) is 46.1 Å². The molecule has 0 spiro atoms. The summed E-state index contributed by atoms with van der Waals surface area (Å²) in [6.45, 7) is 1.96. The van der Waals surface area contributed by atoms with E-state index in [2.05, 4.69) is 0 Å². The van der Waals surface area contributed by atoms with Gasteiger partial charge in [0, 0.05) is 11.0 Å². The quantitative estimate of drug-likeness (QED) is 0.665. The van der Waals surface area contributed by atoms with Gasteiger partial charge in [-0.1, -0.05) is 37.6 Å². The zero-order chi connectivity index (χ0) is 9.07. The minimum Gasteiger partial charge on any atom is -0.0934 e. The van der Waals surface area contributed by atoms with Crippen LogP contribution in [0.2, 0.25) is 0 Å². The molecule has 1 unspecified atom stereocenters. The lowest BCUT2D eigenvalue weighted by Crippen LogP contribution is -1.99. The van der Waals surface area contributed by atoms with Crippen LogP contribution in [0.25, 0.3) is 0 Å². The van der Waals surface area contributed by atoms with Crippen molar-refractivity contribution < 1.29 is 0 Å². The summed E-state index contributed by atoms with van der Waals surface area (Å²) in [7, 11) is 25.3. The Kier molecular flexibility index (Phi) is 6.92. The van der Waals surface area contributed by atoms with Crippen LogP contribution >= 0.6 is 70.4 Å². The molecule has 7 heteroatoms. The molecule has 0 bridgehead atoms. The largest absolute Gasteiger partial charge is 0.0934 e. The molecule has 0 aromatic carbocycles. The third-order valence-electron chi connectivity index (χ3n) is 1.10. The van der Waals surface area contributed by atoms with E-state index in [1.165, 1.54) is 0 Å². The maximum atomic E-state index is 5.67. The molecule has 72 valence electrons. The van der Waals surface area contributed by atoms with Crippen LogP contribution in [0.15, 0.2) is 0 Å². The third-order valence-corrected chi connectivity index (χ3v) is 6.11. The highest BCUT2D eigenvalue weighted by molar-refractivity contribution is 8.79. The van der Waals surface area contributed by atoms with Crippen molar-refractivity contribution in [1.82, 2.24) is 0 Å². The van der Waals surface area contributed by atoms with E-state index in [9.17, 15) is 0 Å². The normalized spacial score (nSPS) is 17.8.